The van der Waals surface area contributed by atoms with Gasteiger partial charge in [0.05, 0.1) is 6.04 Å². The van der Waals surface area contributed by atoms with Crippen molar-refractivity contribution in [2.75, 3.05) is 0 Å². The first kappa shape index (κ1) is 15.3. The molecule has 2 N–H and O–H groups in total. The summed E-state index contributed by atoms with van der Waals surface area (Å²) < 4.78 is 1.09. The van der Waals surface area contributed by atoms with Gasteiger partial charge in [0.1, 0.15) is 0 Å². The number of aryl methyl sites for hydroxylation is 3. The van der Waals surface area contributed by atoms with Crippen molar-refractivity contribution in [2.45, 2.75) is 39.7 Å². The molecular formula is C18H22BrN. The van der Waals surface area contributed by atoms with Crippen molar-refractivity contribution in [1.82, 2.24) is 0 Å². The van der Waals surface area contributed by atoms with Gasteiger partial charge < -0.3 is 5.73 Å². The van der Waals surface area contributed by atoms with E-state index in [4.69, 9.17) is 5.73 Å². The lowest BCUT2D eigenvalue weighted by Gasteiger charge is -2.19. The molecule has 0 amide bonds. The van der Waals surface area contributed by atoms with Crippen LogP contribution in [0.2, 0.25) is 0 Å². The van der Waals surface area contributed by atoms with Crippen molar-refractivity contribution in [3.63, 3.8) is 0 Å². The maximum atomic E-state index is 6.54. The van der Waals surface area contributed by atoms with Gasteiger partial charge in [-0.2, -0.15) is 0 Å². The minimum absolute atomic E-state index is 0.0774. The van der Waals surface area contributed by atoms with Crippen LogP contribution in [0.25, 0.3) is 0 Å². The van der Waals surface area contributed by atoms with Crippen LogP contribution in [-0.2, 0) is 12.8 Å². The van der Waals surface area contributed by atoms with E-state index in [2.05, 4.69) is 73.1 Å². The highest BCUT2D eigenvalue weighted by atomic mass is 79.9. The van der Waals surface area contributed by atoms with Crippen LogP contribution in [0, 0.1) is 6.92 Å². The molecule has 2 rings (SSSR count). The second-order valence-corrected chi connectivity index (χ2v) is 6.10. The van der Waals surface area contributed by atoms with Gasteiger partial charge >= 0.3 is 0 Å². The van der Waals surface area contributed by atoms with Crippen molar-refractivity contribution >= 4 is 15.9 Å². The van der Waals surface area contributed by atoms with Crippen LogP contribution in [0.15, 0.2) is 40.9 Å². The number of hydrogen-bond acceptors (Lipinski definition) is 1. The highest BCUT2D eigenvalue weighted by Gasteiger charge is 2.15. The Balaban J connectivity index is 2.48. The predicted octanol–water partition coefficient (Wildman–Crippen LogP) is 4.93. The van der Waals surface area contributed by atoms with Crippen LogP contribution in [-0.4, -0.2) is 0 Å². The third-order valence-corrected chi connectivity index (χ3v) is 4.51. The average molecular weight is 332 g/mol. The van der Waals surface area contributed by atoms with Gasteiger partial charge in [0, 0.05) is 4.47 Å². The zero-order chi connectivity index (χ0) is 14.7. The first-order valence-electron chi connectivity index (χ1n) is 7.20. The molecule has 106 valence electrons. The van der Waals surface area contributed by atoms with Crippen molar-refractivity contribution in [3.8, 4) is 0 Å². The summed E-state index contributed by atoms with van der Waals surface area (Å²) in [7, 11) is 0. The van der Waals surface area contributed by atoms with E-state index in [1.807, 2.05) is 0 Å². The maximum Gasteiger partial charge on any atom is 0.0565 e. The van der Waals surface area contributed by atoms with Crippen LogP contribution in [0.3, 0.4) is 0 Å². The summed E-state index contributed by atoms with van der Waals surface area (Å²) >= 11 is 3.65. The van der Waals surface area contributed by atoms with Crippen molar-refractivity contribution < 1.29 is 0 Å². The van der Waals surface area contributed by atoms with Crippen molar-refractivity contribution in [3.05, 3.63) is 68.7 Å². The van der Waals surface area contributed by atoms with Crippen molar-refractivity contribution in [2.24, 2.45) is 5.73 Å². The van der Waals surface area contributed by atoms with E-state index in [0.29, 0.717) is 0 Å². The summed E-state index contributed by atoms with van der Waals surface area (Å²) in [4.78, 5) is 0. The van der Waals surface area contributed by atoms with E-state index in [9.17, 15) is 0 Å². The molecule has 2 aromatic rings. The van der Waals surface area contributed by atoms with Crippen LogP contribution in [0.5, 0.6) is 0 Å². The molecule has 0 aliphatic heterocycles. The molecule has 0 spiro atoms. The summed E-state index contributed by atoms with van der Waals surface area (Å²) in [6.07, 6.45) is 2.05. The van der Waals surface area contributed by atoms with E-state index in [-0.39, 0.29) is 6.04 Å². The Hall–Kier alpha value is -1.12. The summed E-state index contributed by atoms with van der Waals surface area (Å²) in [6.45, 7) is 6.45. The molecule has 1 nitrogen and oxygen atoms in total. The number of benzene rings is 2. The second kappa shape index (κ2) is 6.55. The maximum absolute atomic E-state index is 6.54. The Morgan fingerprint density at radius 1 is 1.00 bits per heavy atom. The smallest absolute Gasteiger partial charge is 0.0565 e. The Morgan fingerprint density at radius 3 is 2.35 bits per heavy atom. The molecular weight excluding hydrogens is 310 g/mol. The lowest BCUT2D eigenvalue weighted by Crippen LogP contribution is -2.15. The molecule has 0 bridgehead atoms. The molecule has 1 unspecified atom stereocenters. The first-order chi connectivity index (χ1) is 9.56. The summed E-state index contributed by atoms with van der Waals surface area (Å²) in [5, 5.41) is 0. The van der Waals surface area contributed by atoms with Crippen LogP contribution in [0.4, 0.5) is 0 Å². The molecule has 2 heteroatoms. The summed E-state index contributed by atoms with van der Waals surface area (Å²) in [5.41, 5.74) is 12.9. The van der Waals surface area contributed by atoms with E-state index in [1.54, 1.807) is 0 Å². The number of halogens is 1. The average Bonchev–Trinajstić information content (AvgIpc) is 2.46. The fraction of sp³-hybridized carbons (Fsp3) is 0.333. The van der Waals surface area contributed by atoms with Gasteiger partial charge in [-0.1, -0.05) is 60.1 Å². The Labute approximate surface area is 130 Å². The minimum atomic E-state index is -0.0774. The SMILES string of the molecule is CCc1ccc(CC)c(C(N)c2ccc(C)cc2Br)c1. The van der Waals surface area contributed by atoms with E-state index >= 15 is 0 Å². The number of rotatable bonds is 4. The summed E-state index contributed by atoms with van der Waals surface area (Å²) in [6, 6.07) is 13.0. The minimum Gasteiger partial charge on any atom is -0.320 e. The Bertz CT molecular complexity index is 604. The Kier molecular flexibility index (Phi) is 5.00. The number of hydrogen-bond donors (Lipinski definition) is 1. The fourth-order valence-electron chi connectivity index (χ4n) is 2.53. The topological polar surface area (TPSA) is 26.0 Å². The molecule has 0 saturated heterocycles. The zero-order valence-electron chi connectivity index (χ0n) is 12.4. The quantitative estimate of drug-likeness (QED) is 0.844. The lowest BCUT2D eigenvalue weighted by molar-refractivity contribution is 0.840. The fourth-order valence-corrected chi connectivity index (χ4v) is 3.27. The van der Waals surface area contributed by atoms with Crippen LogP contribution in [0.1, 0.15) is 47.7 Å². The summed E-state index contributed by atoms with van der Waals surface area (Å²) in [5.74, 6) is 0. The molecule has 0 heterocycles. The van der Waals surface area contributed by atoms with Crippen molar-refractivity contribution in [1.29, 1.82) is 0 Å². The zero-order valence-corrected chi connectivity index (χ0v) is 14.0. The molecule has 0 radical (unpaired) electrons. The molecule has 1 atom stereocenters. The lowest BCUT2D eigenvalue weighted by atomic mass is 9.91. The molecule has 0 aliphatic carbocycles. The highest BCUT2D eigenvalue weighted by molar-refractivity contribution is 9.10. The number of nitrogens with two attached hydrogens (primary N) is 1. The van der Waals surface area contributed by atoms with Gasteiger partial charge in [0.15, 0.2) is 0 Å². The molecule has 0 aliphatic rings. The van der Waals surface area contributed by atoms with Gasteiger partial charge in [0.2, 0.25) is 0 Å². The largest absolute Gasteiger partial charge is 0.320 e. The van der Waals surface area contributed by atoms with Gasteiger partial charge in [-0.05, 0) is 53.6 Å². The third-order valence-electron chi connectivity index (χ3n) is 3.83. The normalized spacial score (nSPS) is 12.4. The van der Waals surface area contributed by atoms with E-state index in [1.165, 1.54) is 22.3 Å². The first-order valence-corrected chi connectivity index (χ1v) is 7.99. The molecule has 0 saturated carbocycles. The van der Waals surface area contributed by atoms with E-state index < -0.39 is 0 Å². The molecule has 20 heavy (non-hydrogen) atoms. The highest BCUT2D eigenvalue weighted by Crippen LogP contribution is 2.30. The standard InChI is InChI=1S/C18H22BrN/c1-4-13-7-8-14(5-2)16(11-13)18(20)15-9-6-12(3)10-17(15)19/h6-11,18H,4-5,20H2,1-3H3. The van der Waals surface area contributed by atoms with Gasteiger partial charge in [0.25, 0.3) is 0 Å². The monoisotopic (exact) mass is 331 g/mol. The van der Waals surface area contributed by atoms with Gasteiger partial charge in [-0.25, -0.2) is 0 Å². The van der Waals surface area contributed by atoms with Crippen LogP contribution < -0.4 is 5.73 Å². The second-order valence-electron chi connectivity index (χ2n) is 5.24. The Morgan fingerprint density at radius 2 is 1.75 bits per heavy atom. The van der Waals surface area contributed by atoms with Gasteiger partial charge in [-0.3, -0.25) is 0 Å². The third kappa shape index (κ3) is 3.13. The predicted molar refractivity (Wildman–Crippen MR) is 90.1 cm³/mol. The van der Waals surface area contributed by atoms with Gasteiger partial charge in [-0.15, -0.1) is 0 Å². The van der Waals surface area contributed by atoms with E-state index in [0.717, 1.165) is 22.9 Å². The molecule has 2 aromatic carbocycles. The van der Waals surface area contributed by atoms with Crippen LogP contribution >= 0.6 is 15.9 Å². The molecule has 0 aromatic heterocycles. The molecule has 0 fully saturated rings.